The topological polar surface area (TPSA) is 66.8 Å². The summed E-state index contributed by atoms with van der Waals surface area (Å²) in [5, 5.41) is 9.15. The first-order valence-corrected chi connectivity index (χ1v) is 7.90. The molecule has 24 heavy (non-hydrogen) atoms. The van der Waals surface area contributed by atoms with E-state index in [0.29, 0.717) is 6.54 Å². The molecule has 1 fully saturated rings. The normalized spacial score (nSPS) is 17.7. The summed E-state index contributed by atoms with van der Waals surface area (Å²) in [6.45, 7) is 0.710. The van der Waals surface area contributed by atoms with E-state index in [-0.39, 0.29) is 19.1 Å². The second-order valence-corrected chi connectivity index (χ2v) is 5.74. The number of hydrogen-bond donors (Lipinski definition) is 1. The predicted octanol–water partition coefficient (Wildman–Crippen LogP) is 2.13. The van der Waals surface area contributed by atoms with Gasteiger partial charge in [0.1, 0.15) is 0 Å². The van der Waals surface area contributed by atoms with Crippen LogP contribution in [0.15, 0.2) is 60.7 Å². The van der Waals surface area contributed by atoms with Crippen LogP contribution in [0.4, 0.5) is 0 Å². The van der Waals surface area contributed by atoms with Crippen LogP contribution >= 0.6 is 0 Å². The van der Waals surface area contributed by atoms with Gasteiger partial charge < -0.3 is 14.7 Å². The molecule has 0 spiro atoms. The Balaban J connectivity index is 1.91. The Morgan fingerprint density at radius 2 is 1.54 bits per heavy atom. The lowest BCUT2D eigenvalue weighted by molar-refractivity contribution is -0.159. The molecule has 5 heteroatoms. The highest BCUT2D eigenvalue weighted by Crippen LogP contribution is 2.27. The molecular formula is C19H19NO4. The molecule has 1 unspecified atom stereocenters. The number of rotatable bonds is 4. The van der Waals surface area contributed by atoms with E-state index >= 15 is 0 Å². The quantitative estimate of drug-likeness (QED) is 0.935. The van der Waals surface area contributed by atoms with Crippen molar-refractivity contribution in [1.29, 1.82) is 0 Å². The molecule has 124 valence electrons. The van der Waals surface area contributed by atoms with Crippen molar-refractivity contribution in [2.45, 2.75) is 12.0 Å². The van der Waals surface area contributed by atoms with E-state index < -0.39 is 18.0 Å². The van der Waals surface area contributed by atoms with Crippen molar-refractivity contribution >= 4 is 11.9 Å². The largest absolute Gasteiger partial charge is 0.479 e. The van der Waals surface area contributed by atoms with Gasteiger partial charge in [0.05, 0.1) is 19.1 Å². The standard InChI is InChI=1S/C19H19NO4/c21-18(20-11-12-24-16(13-20)19(22)23)17(14-7-3-1-4-8-14)15-9-5-2-6-10-15/h1-10,16-17H,11-13H2,(H,22,23). The highest BCUT2D eigenvalue weighted by molar-refractivity contribution is 5.88. The summed E-state index contributed by atoms with van der Waals surface area (Å²) in [6.07, 6.45) is -0.963. The molecule has 3 rings (SSSR count). The minimum absolute atomic E-state index is 0.0737. The fourth-order valence-electron chi connectivity index (χ4n) is 2.95. The lowest BCUT2D eigenvalue weighted by atomic mass is 9.90. The van der Waals surface area contributed by atoms with Gasteiger partial charge in [-0.15, -0.1) is 0 Å². The van der Waals surface area contributed by atoms with Gasteiger partial charge in [0, 0.05) is 6.54 Å². The average molecular weight is 325 g/mol. The number of ether oxygens (including phenoxy) is 1. The van der Waals surface area contributed by atoms with Crippen LogP contribution in [0.5, 0.6) is 0 Å². The Kier molecular flexibility index (Phi) is 4.91. The second kappa shape index (κ2) is 7.27. The molecule has 1 aliphatic heterocycles. The summed E-state index contributed by atoms with van der Waals surface area (Å²) in [7, 11) is 0. The Bertz CT molecular complexity index is 662. The third-order valence-electron chi connectivity index (χ3n) is 4.17. The van der Waals surface area contributed by atoms with Gasteiger partial charge in [-0.3, -0.25) is 4.79 Å². The van der Waals surface area contributed by atoms with Gasteiger partial charge in [-0.25, -0.2) is 4.79 Å². The zero-order chi connectivity index (χ0) is 16.9. The molecule has 0 radical (unpaired) electrons. The molecule has 1 saturated heterocycles. The van der Waals surface area contributed by atoms with Crippen molar-refractivity contribution in [3.05, 3.63) is 71.8 Å². The van der Waals surface area contributed by atoms with Crippen molar-refractivity contribution in [3.8, 4) is 0 Å². The number of aliphatic carboxylic acids is 1. The van der Waals surface area contributed by atoms with Gasteiger partial charge in [-0.2, -0.15) is 0 Å². The van der Waals surface area contributed by atoms with Gasteiger partial charge >= 0.3 is 5.97 Å². The second-order valence-electron chi connectivity index (χ2n) is 5.74. The van der Waals surface area contributed by atoms with Gasteiger partial charge in [0.2, 0.25) is 5.91 Å². The van der Waals surface area contributed by atoms with E-state index in [1.54, 1.807) is 4.90 Å². The van der Waals surface area contributed by atoms with Crippen LogP contribution in [0.3, 0.4) is 0 Å². The number of hydrogen-bond acceptors (Lipinski definition) is 3. The van der Waals surface area contributed by atoms with Gasteiger partial charge in [-0.05, 0) is 11.1 Å². The summed E-state index contributed by atoms with van der Waals surface area (Å²) in [4.78, 5) is 25.9. The maximum Gasteiger partial charge on any atom is 0.334 e. The third kappa shape index (κ3) is 3.46. The molecule has 1 aliphatic rings. The number of carboxylic acid groups (broad SMARTS) is 1. The molecule has 0 aliphatic carbocycles. The smallest absolute Gasteiger partial charge is 0.334 e. The molecular weight excluding hydrogens is 306 g/mol. The van der Waals surface area contributed by atoms with Crippen molar-refractivity contribution < 1.29 is 19.4 Å². The summed E-state index contributed by atoms with van der Waals surface area (Å²) >= 11 is 0. The van der Waals surface area contributed by atoms with Crippen LogP contribution in [0.25, 0.3) is 0 Å². The molecule has 0 saturated carbocycles. The molecule has 2 aromatic carbocycles. The molecule has 0 bridgehead atoms. The first-order chi connectivity index (χ1) is 11.7. The van der Waals surface area contributed by atoms with Gasteiger partial charge in [-0.1, -0.05) is 60.7 Å². The zero-order valence-electron chi connectivity index (χ0n) is 13.2. The van der Waals surface area contributed by atoms with E-state index in [1.807, 2.05) is 60.7 Å². The lowest BCUT2D eigenvalue weighted by Gasteiger charge is -2.33. The summed E-state index contributed by atoms with van der Waals surface area (Å²) < 4.78 is 5.22. The first-order valence-electron chi connectivity index (χ1n) is 7.90. The van der Waals surface area contributed by atoms with E-state index in [2.05, 4.69) is 0 Å². The number of carbonyl (C=O) groups excluding carboxylic acids is 1. The number of benzene rings is 2. The minimum Gasteiger partial charge on any atom is -0.479 e. The molecule has 1 amide bonds. The monoisotopic (exact) mass is 325 g/mol. The van der Waals surface area contributed by atoms with Crippen molar-refractivity contribution in [3.63, 3.8) is 0 Å². The van der Waals surface area contributed by atoms with E-state index in [0.717, 1.165) is 11.1 Å². The maximum atomic E-state index is 13.1. The predicted molar refractivity (Wildman–Crippen MR) is 88.7 cm³/mol. The van der Waals surface area contributed by atoms with Crippen LogP contribution in [0.1, 0.15) is 17.0 Å². The van der Waals surface area contributed by atoms with Crippen LogP contribution in [-0.4, -0.2) is 47.7 Å². The Hall–Kier alpha value is -2.66. The fourth-order valence-corrected chi connectivity index (χ4v) is 2.95. The number of morpholine rings is 1. The number of amides is 1. The van der Waals surface area contributed by atoms with E-state index in [1.165, 1.54) is 0 Å². The minimum atomic E-state index is -1.04. The zero-order valence-corrected chi connectivity index (χ0v) is 13.2. The van der Waals surface area contributed by atoms with Crippen molar-refractivity contribution in [2.75, 3.05) is 19.7 Å². The van der Waals surface area contributed by atoms with Gasteiger partial charge in [0.25, 0.3) is 0 Å². The SMILES string of the molecule is O=C(O)C1CN(C(=O)C(c2ccccc2)c2ccccc2)CCO1. The van der Waals surface area contributed by atoms with Crippen LogP contribution in [0.2, 0.25) is 0 Å². The third-order valence-corrected chi connectivity index (χ3v) is 4.17. The van der Waals surface area contributed by atoms with E-state index in [4.69, 9.17) is 9.84 Å². The highest BCUT2D eigenvalue weighted by atomic mass is 16.5. The van der Waals surface area contributed by atoms with Crippen LogP contribution < -0.4 is 0 Å². The molecule has 1 N–H and O–H groups in total. The molecule has 2 aromatic rings. The van der Waals surface area contributed by atoms with Crippen molar-refractivity contribution in [2.24, 2.45) is 0 Å². The number of carboxylic acids is 1. The Morgan fingerprint density at radius 1 is 1.00 bits per heavy atom. The van der Waals surface area contributed by atoms with Gasteiger partial charge in [0.15, 0.2) is 6.10 Å². The molecule has 5 nitrogen and oxygen atoms in total. The summed E-state index contributed by atoms with van der Waals surface area (Å²) in [5.74, 6) is -1.58. The molecule has 1 heterocycles. The van der Waals surface area contributed by atoms with Crippen LogP contribution in [0, 0.1) is 0 Å². The molecule has 1 atom stereocenters. The highest BCUT2D eigenvalue weighted by Gasteiger charge is 2.33. The van der Waals surface area contributed by atoms with E-state index in [9.17, 15) is 9.59 Å². The number of carbonyl (C=O) groups is 2. The maximum absolute atomic E-state index is 13.1. The van der Waals surface area contributed by atoms with Crippen molar-refractivity contribution in [1.82, 2.24) is 4.90 Å². The summed E-state index contributed by atoms with van der Waals surface area (Å²) in [6, 6.07) is 19.1. The lowest BCUT2D eigenvalue weighted by Crippen LogP contribution is -2.50. The Labute approximate surface area is 140 Å². The number of nitrogens with zero attached hydrogens (tertiary/aromatic N) is 1. The molecule has 0 aromatic heterocycles. The van der Waals surface area contributed by atoms with Crippen LogP contribution in [-0.2, 0) is 14.3 Å². The first kappa shape index (κ1) is 16.2. The summed E-state index contributed by atoms with van der Waals surface area (Å²) in [5.41, 5.74) is 1.79. The average Bonchev–Trinajstić information content (AvgIpc) is 2.64. The fraction of sp³-hybridized carbons (Fsp3) is 0.263. The Morgan fingerprint density at radius 3 is 2.04 bits per heavy atom.